The number of hydrogen-bond acceptors (Lipinski definition) is 3. The average Bonchev–Trinajstić information content (AvgIpc) is 2.38. The molecule has 4 nitrogen and oxygen atoms in total. The van der Waals surface area contributed by atoms with E-state index in [2.05, 4.69) is 5.32 Å². The fourth-order valence-electron chi connectivity index (χ4n) is 1.30. The third-order valence-corrected chi connectivity index (χ3v) is 3.10. The van der Waals surface area contributed by atoms with Gasteiger partial charge in [0, 0.05) is 6.54 Å². The van der Waals surface area contributed by atoms with Gasteiger partial charge in [-0.15, -0.1) is 0 Å². The van der Waals surface area contributed by atoms with Crippen molar-refractivity contribution in [2.45, 2.75) is 26.4 Å². The molecule has 0 saturated carbocycles. The number of halogens is 2. The van der Waals surface area contributed by atoms with Crippen molar-refractivity contribution in [1.29, 1.82) is 0 Å². The maximum atomic E-state index is 11.8. The zero-order valence-electron chi connectivity index (χ0n) is 10.7. The minimum Gasteiger partial charge on any atom is -0.449 e. The van der Waals surface area contributed by atoms with Crippen LogP contribution in [0, 0.1) is 0 Å². The van der Waals surface area contributed by atoms with Crippen molar-refractivity contribution in [2.75, 3.05) is 6.54 Å². The number of esters is 1. The van der Waals surface area contributed by atoms with Crippen LogP contribution in [0.15, 0.2) is 18.2 Å². The maximum Gasteiger partial charge on any atom is 0.338 e. The number of hydrogen-bond donors (Lipinski definition) is 1. The SMILES string of the molecule is CCCNC(=O)[C@@H](C)OC(=O)c1ccc(Cl)c(Cl)c1. The Morgan fingerprint density at radius 3 is 2.58 bits per heavy atom. The lowest BCUT2D eigenvalue weighted by molar-refractivity contribution is -0.129. The van der Waals surface area contributed by atoms with Crippen LogP contribution in [0.25, 0.3) is 0 Å². The molecule has 0 bridgehead atoms. The van der Waals surface area contributed by atoms with Crippen molar-refractivity contribution in [3.05, 3.63) is 33.8 Å². The molecule has 0 heterocycles. The van der Waals surface area contributed by atoms with Crippen molar-refractivity contribution in [3.8, 4) is 0 Å². The predicted octanol–water partition coefficient (Wildman–Crippen LogP) is 3.06. The summed E-state index contributed by atoms with van der Waals surface area (Å²) < 4.78 is 5.04. The van der Waals surface area contributed by atoms with Gasteiger partial charge in [0.05, 0.1) is 15.6 Å². The summed E-state index contributed by atoms with van der Waals surface area (Å²) in [6, 6.07) is 4.40. The normalized spacial score (nSPS) is 11.8. The van der Waals surface area contributed by atoms with Crippen molar-refractivity contribution >= 4 is 35.1 Å². The van der Waals surface area contributed by atoms with E-state index in [1.165, 1.54) is 25.1 Å². The zero-order valence-corrected chi connectivity index (χ0v) is 12.2. The Hall–Kier alpha value is -1.26. The highest BCUT2D eigenvalue weighted by atomic mass is 35.5. The van der Waals surface area contributed by atoms with Crippen LogP contribution in [0.5, 0.6) is 0 Å². The molecule has 1 aromatic carbocycles. The number of ether oxygens (including phenoxy) is 1. The molecule has 1 rings (SSSR count). The van der Waals surface area contributed by atoms with E-state index >= 15 is 0 Å². The van der Waals surface area contributed by atoms with Crippen LogP contribution in [0.2, 0.25) is 10.0 Å². The molecular weight excluding hydrogens is 289 g/mol. The first-order valence-corrected chi connectivity index (χ1v) is 6.65. The van der Waals surface area contributed by atoms with Gasteiger partial charge in [0.15, 0.2) is 6.10 Å². The van der Waals surface area contributed by atoms with Gasteiger partial charge in [0.25, 0.3) is 5.91 Å². The molecular formula is C13H15Cl2NO3. The fourth-order valence-corrected chi connectivity index (χ4v) is 1.60. The Kier molecular flexibility index (Phi) is 6.12. The van der Waals surface area contributed by atoms with E-state index in [0.717, 1.165) is 6.42 Å². The molecule has 6 heteroatoms. The highest BCUT2D eigenvalue weighted by Gasteiger charge is 2.18. The molecule has 0 aliphatic heterocycles. The van der Waals surface area contributed by atoms with Gasteiger partial charge in [-0.1, -0.05) is 30.1 Å². The molecule has 0 spiro atoms. The van der Waals surface area contributed by atoms with Crippen LogP contribution in [0.4, 0.5) is 0 Å². The first kappa shape index (κ1) is 15.8. The largest absolute Gasteiger partial charge is 0.449 e. The molecule has 0 unspecified atom stereocenters. The molecule has 0 aliphatic rings. The summed E-state index contributed by atoms with van der Waals surface area (Å²) in [6.07, 6.45) is -0.0346. The van der Waals surface area contributed by atoms with E-state index in [1.807, 2.05) is 6.92 Å². The summed E-state index contributed by atoms with van der Waals surface area (Å²) in [5, 5.41) is 3.26. The Bertz CT molecular complexity index is 477. The third-order valence-electron chi connectivity index (χ3n) is 2.36. The van der Waals surface area contributed by atoms with Gasteiger partial charge in [0.1, 0.15) is 0 Å². The van der Waals surface area contributed by atoms with Crippen LogP contribution in [-0.4, -0.2) is 24.5 Å². The van der Waals surface area contributed by atoms with E-state index < -0.39 is 12.1 Å². The van der Waals surface area contributed by atoms with Gasteiger partial charge >= 0.3 is 5.97 Å². The van der Waals surface area contributed by atoms with Gasteiger partial charge < -0.3 is 10.1 Å². The Labute approximate surface area is 122 Å². The number of benzene rings is 1. The van der Waals surface area contributed by atoms with Gasteiger partial charge in [-0.2, -0.15) is 0 Å². The third kappa shape index (κ3) is 4.73. The van der Waals surface area contributed by atoms with Crippen LogP contribution < -0.4 is 5.32 Å². The number of nitrogens with one attached hydrogen (secondary N) is 1. The van der Waals surface area contributed by atoms with E-state index in [-0.39, 0.29) is 16.5 Å². The lowest BCUT2D eigenvalue weighted by Gasteiger charge is -2.13. The lowest BCUT2D eigenvalue weighted by atomic mass is 10.2. The van der Waals surface area contributed by atoms with E-state index in [4.69, 9.17) is 27.9 Å². The summed E-state index contributed by atoms with van der Waals surface area (Å²) in [5.41, 5.74) is 0.254. The Morgan fingerprint density at radius 2 is 2.00 bits per heavy atom. The van der Waals surface area contributed by atoms with Crippen molar-refractivity contribution < 1.29 is 14.3 Å². The zero-order chi connectivity index (χ0) is 14.4. The van der Waals surface area contributed by atoms with E-state index in [0.29, 0.717) is 11.6 Å². The van der Waals surface area contributed by atoms with Crippen molar-refractivity contribution in [2.24, 2.45) is 0 Å². The maximum absolute atomic E-state index is 11.8. The van der Waals surface area contributed by atoms with Crippen LogP contribution >= 0.6 is 23.2 Å². The monoisotopic (exact) mass is 303 g/mol. The van der Waals surface area contributed by atoms with Gasteiger partial charge in [-0.05, 0) is 31.5 Å². The molecule has 104 valence electrons. The second-order valence-electron chi connectivity index (χ2n) is 3.97. The molecule has 1 N–H and O–H groups in total. The number of carbonyl (C=O) groups excluding carboxylic acids is 2. The summed E-state index contributed by atoms with van der Waals surface area (Å²) in [5.74, 6) is -0.937. The highest BCUT2D eigenvalue weighted by molar-refractivity contribution is 6.42. The predicted molar refractivity (Wildman–Crippen MR) is 74.6 cm³/mol. The summed E-state index contributed by atoms with van der Waals surface area (Å²) in [7, 11) is 0. The molecule has 1 atom stereocenters. The number of rotatable bonds is 5. The molecule has 1 amide bonds. The highest BCUT2D eigenvalue weighted by Crippen LogP contribution is 2.23. The molecule has 0 fully saturated rings. The molecule has 19 heavy (non-hydrogen) atoms. The molecule has 0 saturated heterocycles. The second-order valence-corrected chi connectivity index (χ2v) is 4.78. The van der Waals surface area contributed by atoms with Crippen LogP contribution in [-0.2, 0) is 9.53 Å². The molecule has 1 aromatic rings. The van der Waals surface area contributed by atoms with Crippen molar-refractivity contribution in [1.82, 2.24) is 5.32 Å². The van der Waals surface area contributed by atoms with Crippen LogP contribution in [0.3, 0.4) is 0 Å². The average molecular weight is 304 g/mol. The first-order chi connectivity index (χ1) is 8.95. The standard InChI is InChI=1S/C13H15Cl2NO3/c1-3-6-16-12(17)8(2)19-13(18)9-4-5-10(14)11(15)7-9/h4-5,7-8H,3,6H2,1-2H3,(H,16,17)/t8-/m1/s1. The smallest absolute Gasteiger partial charge is 0.338 e. The number of carbonyl (C=O) groups is 2. The van der Waals surface area contributed by atoms with Gasteiger partial charge in [0.2, 0.25) is 0 Å². The second kappa shape index (κ2) is 7.36. The fraction of sp³-hybridized carbons (Fsp3) is 0.385. The minimum atomic E-state index is -0.853. The Balaban J connectivity index is 2.63. The minimum absolute atomic E-state index is 0.254. The summed E-state index contributed by atoms with van der Waals surface area (Å²) >= 11 is 11.6. The quantitative estimate of drug-likeness (QED) is 0.851. The summed E-state index contributed by atoms with van der Waals surface area (Å²) in [6.45, 7) is 4.00. The Morgan fingerprint density at radius 1 is 1.32 bits per heavy atom. The van der Waals surface area contributed by atoms with Crippen molar-refractivity contribution in [3.63, 3.8) is 0 Å². The number of amides is 1. The van der Waals surface area contributed by atoms with E-state index in [9.17, 15) is 9.59 Å². The lowest BCUT2D eigenvalue weighted by Crippen LogP contribution is -2.36. The van der Waals surface area contributed by atoms with E-state index in [1.54, 1.807) is 0 Å². The summed E-state index contributed by atoms with van der Waals surface area (Å²) in [4.78, 5) is 23.3. The van der Waals surface area contributed by atoms with Crippen LogP contribution in [0.1, 0.15) is 30.6 Å². The molecule has 0 radical (unpaired) electrons. The molecule has 0 aliphatic carbocycles. The van der Waals surface area contributed by atoms with Gasteiger partial charge in [-0.25, -0.2) is 4.79 Å². The topological polar surface area (TPSA) is 55.4 Å². The van der Waals surface area contributed by atoms with Gasteiger partial charge in [-0.3, -0.25) is 4.79 Å². The molecule has 0 aromatic heterocycles. The first-order valence-electron chi connectivity index (χ1n) is 5.89.